The van der Waals surface area contributed by atoms with Gasteiger partial charge in [0.1, 0.15) is 12.3 Å². The van der Waals surface area contributed by atoms with E-state index in [2.05, 4.69) is 5.32 Å². The summed E-state index contributed by atoms with van der Waals surface area (Å²) < 4.78 is 44.3. The Morgan fingerprint density at radius 1 is 0.889 bits per heavy atom. The van der Waals surface area contributed by atoms with E-state index < -0.39 is 22.5 Å². The molecule has 0 aliphatic carbocycles. The summed E-state index contributed by atoms with van der Waals surface area (Å²) in [7, 11) is 0.383. The number of methoxy groups -OCH3 is 3. The zero-order valence-electron chi connectivity index (χ0n) is 21.1. The largest absolute Gasteiger partial charge is 0.497 e. The number of hydrogen-bond donors (Lipinski definition) is 1. The maximum Gasteiger partial charge on any atom is 0.264 e. The second-order valence-electron chi connectivity index (χ2n) is 8.17. The van der Waals surface area contributed by atoms with Crippen LogP contribution in [0.2, 0.25) is 0 Å². The predicted octanol–water partition coefficient (Wildman–Crippen LogP) is 4.48. The zero-order chi connectivity index (χ0) is 26.3. The molecule has 3 rings (SSSR count). The molecule has 3 aromatic rings. The fraction of sp³-hybridized carbons (Fsp3) is 0.296. The van der Waals surface area contributed by atoms with Crippen LogP contribution in [-0.4, -0.2) is 42.2 Å². The third-order valence-corrected chi connectivity index (χ3v) is 7.58. The Morgan fingerprint density at radius 3 is 2.08 bits per heavy atom. The van der Waals surface area contributed by atoms with Crippen molar-refractivity contribution in [2.24, 2.45) is 0 Å². The lowest BCUT2D eigenvalue weighted by molar-refractivity contribution is -0.120. The summed E-state index contributed by atoms with van der Waals surface area (Å²) in [5.41, 5.74) is 2.25. The van der Waals surface area contributed by atoms with Gasteiger partial charge in [-0.05, 0) is 55.3 Å². The lowest BCUT2D eigenvalue weighted by atomic mass is 10.0. The molecule has 36 heavy (non-hydrogen) atoms. The Hall–Kier alpha value is -3.72. The molecule has 0 fully saturated rings. The molecule has 0 aliphatic heterocycles. The van der Waals surface area contributed by atoms with Crippen molar-refractivity contribution in [1.82, 2.24) is 5.32 Å². The number of ether oxygens (including phenoxy) is 3. The van der Waals surface area contributed by atoms with E-state index in [9.17, 15) is 13.2 Å². The van der Waals surface area contributed by atoms with Gasteiger partial charge in [-0.3, -0.25) is 9.10 Å². The first-order chi connectivity index (χ1) is 17.2. The molecule has 0 saturated heterocycles. The number of amides is 1. The summed E-state index contributed by atoms with van der Waals surface area (Å²) in [6, 6.07) is 18.4. The molecule has 192 valence electrons. The Morgan fingerprint density at radius 2 is 1.53 bits per heavy atom. The predicted molar refractivity (Wildman–Crippen MR) is 139 cm³/mol. The molecule has 8 nitrogen and oxygen atoms in total. The third kappa shape index (κ3) is 6.09. The number of nitrogens with one attached hydrogen (secondary N) is 1. The summed E-state index contributed by atoms with van der Waals surface area (Å²) in [6.07, 6.45) is 0.630. The number of anilines is 1. The van der Waals surface area contributed by atoms with E-state index in [1.807, 2.05) is 38.1 Å². The first-order valence-corrected chi connectivity index (χ1v) is 12.9. The number of nitrogens with zero attached hydrogens (tertiary/aromatic N) is 1. The Bertz CT molecular complexity index is 1270. The molecule has 0 unspecified atom stereocenters. The van der Waals surface area contributed by atoms with Crippen molar-refractivity contribution in [2.45, 2.75) is 31.2 Å². The van der Waals surface area contributed by atoms with Gasteiger partial charge in [-0.15, -0.1) is 0 Å². The van der Waals surface area contributed by atoms with Crippen molar-refractivity contribution in [2.75, 3.05) is 32.2 Å². The normalized spacial score (nSPS) is 11.9. The zero-order valence-corrected chi connectivity index (χ0v) is 22.0. The van der Waals surface area contributed by atoms with Crippen molar-refractivity contribution in [3.63, 3.8) is 0 Å². The average molecular weight is 513 g/mol. The number of sulfonamides is 1. The van der Waals surface area contributed by atoms with E-state index >= 15 is 0 Å². The van der Waals surface area contributed by atoms with Crippen LogP contribution in [0.25, 0.3) is 0 Å². The van der Waals surface area contributed by atoms with E-state index in [-0.39, 0.29) is 16.7 Å². The first kappa shape index (κ1) is 26.9. The van der Waals surface area contributed by atoms with Gasteiger partial charge in [-0.25, -0.2) is 8.42 Å². The maximum atomic E-state index is 13.8. The lowest BCUT2D eigenvalue weighted by Gasteiger charge is -2.26. The number of hydrogen-bond acceptors (Lipinski definition) is 6. The maximum absolute atomic E-state index is 13.8. The summed E-state index contributed by atoms with van der Waals surface area (Å²) in [5.74, 6) is 0.965. The highest BCUT2D eigenvalue weighted by Gasteiger charge is 2.29. The first-order valence-electron chi connectivity index (χ1n) is 11.5. The smallest absolute Gasteiger partial charge is 0.264 e. The third-order valence-electron chi connectivity index (χ3n) is 5.81. The SMILES string of the molecule is CC[C@@H](NC(=O)CN(c1ccc(C)cc1)S(=O)(=O)c1ccc(OC)c(OC)c1)c1ccc(OC)cc1. The quantitative estimate of drug-likeness (QED) is 0.407. The van der Waals surface area contributed by atoms with Crippen molar-refractivity contribution < 1.29 is 27.4 Å². The van der Waals surface area contributed by atoms with Gasteiger partial charge >= 0.3 is 0 Å². The highest BCUT2D eigenvalue weighted by atomic mass is 32.2. The Balaban J connectivity index is 1.93. The second-order valence-corrected chi connectivity index (χ2v) is 10.0. The van der Waals surface area contributed by atoms with Crippen molar-refractivity contribution in [3.8, 4) is 17.2 Å². The van der Waals surface area contributed by atoms with Crippen molar-refractivity contribution >= 4 is 21.6 Å². The molecular weight excluding hydrogens is 480 g/mol. The van der Waals surface area contributed by atoms with Gasteiger partial charge < -0.3 is 19.5 Å². The van der Waals surface area contributed by atoms with E-state index in [1.165, 1.54) is 32.4 Å². The van der Waals surface area contributed by atoms with Gasteiger partial charge in [0, 0.05) is 6.07 Å². The molecule has 0 spiro atoms. The van der Waals surface area contributed by atoms with Gasteiger partial charge in [0.2, 0.25) is 5.91 Å². The minimum atomic E-state index is -4.12. The van der Waals surface area contributed by atoms with Gasteiger partial charge in [0.05, 0.1) is 38.0 Å². The summed E-state index contributed by atoms with van der Waals surface area (Å²) in [4.78, 5) is 13.2. The van der Waals surface area contributed by atoms with Crippen LogP contribution in [-0.2, 0) is 14.8 Å². The van der Waals surface area contributed by atoms with E-state index in [4.69, 9.17) is 14.2 Å². The van der Waals surface area contributed by atoms with Crippen LogP contribution in [0.4, 0.5) is 5.69 Å². The van der Waals surface area contributed by atoms with Crippen LogP contribution in [0, 0.1) is 6.92 Å². The standard InChI is InChI=1S/C27H32N2O6S/c1-6-24(20-9-13-22(33-3)14-10-20)28-27(30)18-29(21-11-7-19(2)8-12-21)36(31,32)23-15-16-25(34-4)26(17-23)35-5/h7-17,24H,6,18H2,1-5H3,(H,28,30)/t24-/m1/s1. The fourth-order valence-electron chi connectivity index (χ4n) is 3.76. The topological polar surface area (TPSA) is 94.2 Å². The number of aryl methyl sites for hydroxylation is 1. The van der Waals surface area contributed by atoms with Crippen molar-refractivity contribution in [1.29, 1.82) is 0 Å². The molecule has 0 bridgehead atoms. The van der Waals surface area contributed by atoms with Gasteiger partial charge in [-0.2, -0.15) is 0 Å². The van der Waals surface area contributed by atoms with Crippen LogP contribution in [0.5, 0.6) is 17.2 Å². The fourth-order valence-corrected chi connectivity index (χ4v) is 5.19. The number of carbonyl (C=O) groups is 1. The molecule has 3 aromatic carbocycles. The van der Waals surface area contributed by atoms with Crippen LogP contribution >= 0.6 is 0 Å². The van der Waals surface area contributed by atoms with Crippen LogP contribution in [0.3, 0.4) is 0 Å². The molecule has 1 atom stereocenters. The van der Waals surface area contributed by atoms with Crippen LogP contribution in [0.1, 0.15) is 30.5 Å². The second kappa shape index (κ2) is 11.8. The Kier molecular flexibility index (Phi) is 8.82. The molecular formula is C27H32N2O6S. The molecule has 1 N–H and O–H groups in total. The highest BCUT2D eigenvalue weighted by molar-refractivity contribution is 7.92. The van der Waals surface area contributed by atoms with Crippen LogP contribution in [0.15, 0.2) is 71.6 Å². The number of benzene rings is 3. The molecule has 0 saturated carbocycles. The monoisotopic (exact) mass is 512 g/mol. The van der Waals surface area contributed by atoms with Gasteiger partial charge in [-0.1, -0.05) is 36.8 Å². The Labute approximate surface area is 212 Å². The molecule has 1 amide bonds. The lowest BCUT2D eigenvalue weighted by Crippen LogP contribution is -2.42. The molecule has 0 radical (unpaired) electrons. The van der Waals surface area contributed by atoms with E-state index in [0.29, 0.717) is 23.6 Å². The van der Waals surface area contributed by atoms with E-state index in [1.54, 1.807) is 31.4 Å². The summed E-state index contributed by atoms with van der Waals surface area (Å²) in [6.45, 7) is 3.46. The summed E-state index contributed by atoms with van der Waals surface area (Å²) >= 11 is 0. The molecule has 0 aromatic heterocycles. The van der Waals surface area contributed by atoms with Crippen molar-refractivity contribution in [3.05, 3.63) is 77.9 Å². The van der Waals surface area contributed by atoms with Crippen LogP contribution < -0.4 is 23.8 Å². The summed E-state index contributed by atoms with van der Waals surface area (Å²) in [5, 5.41) is 2.97. The number of carbonyl (C=O) groups excluding carboxylic acids is 1. The highest BCUT2D eigenvalue weighted by Crippen LogP contribution is 2.32. The average Bonchev–Trinajstić information content (AvgIpc) is 2.90. The minimum Gasteiger partial charge on any atom is -0.497 e. The molecule has 9 heteroatoms. The minimum absolute atomic E-state index is 0.0179. The van der Waals surface area contributed by atoms with E-state index in [0.717, 1.165) is 15.4 Å². The number of rotatable bonds is 11. The van der Waals surface area contributed by atoms with Gasteiger partial charge in [0.15, 0.2) is 11.5 Å². The molecule has 0 aliphatic rings. The molecule has 0 heterocycles. The van der Waals surface area contributed by atoms with Gasteiger partial charge in [0.25, 0.3) is 10.0 Å².